The molecule has 1 aliphatic heterocycles. The minimum Gasteiger partial charge on any atom is -0.372 e. The number of rotatable bonds is 7. The van der Waals surface area contributed by atoms with Crippen LogP contribution in [0.5, 0.6) is 0 Å². The fourth-order valence-corrected chi connectivity index (χ4v) is 5.11. The number of nitrogens with one attached hydrogen (secondary N) is 4. The Hall–Kier alpha value is -3.99. The number of aromatic nitrogens is 1. The van der Waals surface area contributed by atoms with Crippen LogP contribution in [0.1, 0.15) is 19.4 Å². The lowest BCUT2D eigenvalue weighted by atomic mass is 10.1. The maximum Gasteiger partial charge on any atom is 0.418 e. The van der Waals surface area contributed by atoms with Crippen LogP contribution in [0.25, 0.3) is 10.2 Å². The highest BCUT2D eigenvalue weighted by molar-refractivity contribution is 7.16. The summed E-state index contributed by atoms with van der Waals surface area (Å²) in [6.45, 7) is 5.64. The molecule has 0 bridgehead atoms. The van der Waals surface area contributed by atoms with E-state index >= 15 is 0 Å². The molecule has 7 nitrogen and oxygen atoms in total. The molecule has 1 aliphatic rings. The molecule has 0 aliphatic carbocycles. The van der Waals surface area contributed by atoms with Crippen molar-refractivity contribution in [3.8, 4) is 0 Å². The molecule has 0 radical (unpaired) electrons. The maximum absolute atomic E-state index is 13.8. The van der Waals surface area contributed by atoms with Gasteiger partial charge in [0.1, 0.15) is 0 Å². The summed E-state index contributed by atoms with van der Waals surface area (Å²) in [5.41, 5.74) is 3.99. The van der Waals surface area contributed by atoms with Crippen molar-refractivity contribution in [1.29, 1.82) is 0 Å². The SMILES string of the molecule is CCN(CC)c1ccc2c(c1)NC(Nc1ccccc1C(F)(F)F)(C(=O)Nc1ccc3ncsc3c1)N2. The quantitative estimate of drug-likeness (QED) is 0.223. The van der Waals surface area contributed by atoms with Gasteiger partial charge in [-0.3, -0.25) is 4.79 Å². The third-order valence-electron chi connectivity index (χ3n) is 6.26. The van der Waals surface area contributed by atoms with Gasteiger partial charge in [0.25, 0.3) is 11.7 Å². The molecule has 4 aromatic rings. The number of carbonyl (C=O) groups is 1. The third kappa shape index (κ3) is 4.74. The van der Waals surface area contributed by atoms with E-state index < -0.39 is 23.4 Å². The smallest absolute Gasteiger partial charge is 0.372 e. The summed E-state index contributed by atoms with van der Waals surface area (Å²) in [7, 11) is 0. The van der Waals surface area contributed by atoms with Gasteiger partial charge in [-0.25, -0.2) is 4.98 Å². The second-order valence-electron chi connectivity index (χ2n) is 8.56. The number of halogens is 3. The molecule has 1 amide bonds. The van der Waals surface area contributed by atoms with Crippen molar-refractivity contribution in [2.24, 2.45) is 0 Å². The topological polar surface area (TPSA) is 81.3 Å². The van der Waals surface area contributed by atoms with Crippen molar-refractivity contribution >= 4 is 55.9 Å². The average molecular weight is 527 g/mol. The standard InChI is InChI=1S/C26H25F3N6OS/c1-3-35(4-2)17-10-12-20-22(14-17)34-26(33-20,32-19-8-6-5-7-18(19)25(27,28)29)24(36)31-16-9-11-21-23(13-16)37-15-30-21/h5-15,32-34H,3-4H2,1-2H3,(H,31,36). The molecule has 0 fully saturated rings. The Kier molecular flexibility index (Phi) is 6.32. The average Bonchev–Trinajstić information content (AvgIpc) is 3.48. The summed E-state index contributed by atoms with van der Waals surface area (Å²) in [6, 6.07) is 15.9. The van der Waals surface area contributed by atoms with Crippen LogP contribution in [0.2, 0.25) is 0 Å². The zero-order chi connectivity index (χ0) is 26.2. The minimum absolute atomic E-state index is 0.236. The van der Waals surface area contributed by atoms with Gasteiger partial charge >= 0.3 is 6.18 Å². The molecule has 4 N–H and O–H groups in total. The van der Waals surface area contributed by atoms with Crippen molar-refractivity contribution in [3.63, 3.8) is 0 Å². The predicted octanol–water partition coefficient (Wildman–Crippen LogP) is 6.40. The number of para-hydroxylation sites is 1. The zero-order valence-corrected chi connectivity index (χ0v) is 20.9. The summed E-state index contributed by atoms with van der Waals surface area (Å²) < 4.78 is 42.3. The number of amides is 1. The maximum atomic E-state index is 13.8. The number of thiazole rings is 1. The second-order valence-corrected chi connectivity index (χ2v) is 9.45. The van der Waals surface area contributed by atoms with Gasteiger partial charge in [0, 0.05) is 30.2 Å². The highest BCUT2D eigenvalue weighted by atomic mass is 32.1. The van der Waals surface area contributed by atoms with Crippen molar-refractivity contribution in [3.05, 3.63) is 71.7 Å². The number of anilines is 5. The van der Waals surface area contributed by atoms with Gasteiger partial charge in [-0.2, -0.15) is 13.2 Å². The first-order valence-corrected chi connectivity index (χ1v) is 12.6. The van der Waals surface area contributed by atoms with Gasteiger partial charge in [-0.1, -0.05) is 12.1 Å². The Morgan fingerprint density at radius 2 is 1.78 bits per heavy atom. The third-order valence-corrected chi connectivity index (χ3v) is 7.05. The van der Waals surface area contributed by atoms with Crippen LogP contribution in [0, 0.1) is 0 Å². The lowest BCUT2D eigenvalue weighted by Gasteiger charge is -2.32. The van der Waals surface area contributed by atoms with Crippen LogP contribution in [0.15, 0.2) is 66.2 Å². The largest absolute Gasteiger partial charge is 0.418 e. The number of alkyl halides is 3. The summed E-state index contributed by atoms with van der Waals surface area (Å²) in [5, 5.41) is 11.9. The lowest BCUT2D eigenvalue weighted by molar-refractivity contribution is -0.137. The van der Waals surface area contributed by atoms with E-state index in [0.717, 1.165) is 35.1 Å². The van der Waals surface area contributed by atoms with Crippen molar-refractivity contribution in [2.75, 3.05) is 39.3 Å². The Bertz CT molecular complexity index is 1450. The molecular weight excluding hydrogens is 501 g/mol. The summed E-state index contributed by atoms with van der Waals surface area (Å²) in [6.07, 6.45) is -4.61. The summed E-state index contributed by atoms with van der Waals surface area (Å²) in [5.74, 6) is -2.40. The first kappa shape index (κ1) is 24.7. The Balaban J connectivity index is 1.53. The van der Waals surface area contributed by atoms with Gasteiger partial charge in [-0.05, 0) is 62.4 Å². The molecule has 1 atom stereocenters. The van der Waals surface area contributed by atoms with Crippen LogP contribution in [-0.4, -0.2) is 29.8 Å². The first-order chi connectivity index (χ1) is 17.7. The molecular formula is C26H25F3N6OS. The molecule has 11 heteroatoms. The molecule has 1 unspecified atom stereocenters. The van der Waals surface area contributed by atoms with E-state index in [2.05, 4.69) is 31.2 Å². The fourth-order valence-electron chi connectivity index (χ4n) is 4.40. The van der Waals surface area contributed by atoms with Crippen molar-refractivity contribution in [2.45, 2.75) is 25.8 Å². The molecule has 0 saturated carbocycles. The van der Waals surface area contributed by atoms with Gasteiger partial charge in [0.05, 0.1) is 32.7 Å². The molecule has 37 heavy (non-hydrogen) atoms. The highest BCUT2D eigenvalue weighted by Crippen LogP contribution is 2.41. The molecule has 5 rings (SSSR count). The molecule has 3 aromatic carbocycles. The van der Waals surface area contributed by atoms with Gasteiger partial charge in [-0.15, -0.1) is 11.3 Å². The van der Waals surface area contributed by atoms with Gasteiger partial charge < -0.3 is 26.2 Å². The van der Waals surface area contributed by atoms with E-state index in [4.69, 9.17) is 0 Å². The van der Waals surface area contributed by atoms with Crippen LogP contribution >= 0.6 is 11.3 Å². The predicted molar refractivity (Wildman–Crippen MR) is 143 cm³/mol. The monoisotopic (exact) mass is 526 g/mol. The number of hydrogen-bond donors (Lipinski definition) is 4. The van der Waals surface area contributed by atoms with Crippen LogP contribution in [-0.2, 0) is 11.0 Å². The number of nitrogens with zero attached hydrogens (tertiary/aromatic N) is 2. The Morgan fingerprint density at radius 1 is 1.03 bits per heavy atom. The van der Waals surface area contributed by atoms with Crippen LogP contribution < -0.4 is 26.2 Å². The van der Waals surface area contributed by atoms with Crippen LogP contribution in [0.3, 0.4) is 0 Å². The Morgan fingerprint density at radius 3 is 2.54 bits per heavy atom. The zero-order valence-electron chi connectivity index (χ0n) is 20.1. The van der Waals surface area contributed by atoms with E-state index in [-0.39, 0.29) is 5.69 Å². The Labute approximate surface area is 215 Å². The number of fused-ring (bicyclic) bond motifs is 2. The van der Waals surface area contributed by atoms with Gasteiger partial charge in [0.15, 0.2) is 0 Å². The molecule has 1 aromatic heterocycles. The highest BCUT2D eigenvalue weighted by Gasteiger charge is 2.46. The minimum atomic E-state index is -4.61. The number of carbonyl (C=O) groups excluding carboxylic acids is 1. The number of hydrogen-bond acceptors (Lipinski definition) is 7. The van der Waals surface area contributed by atoms with E-state index in [1.54, 1.807) is 23.7 Å². The van der Waals surface area contributed by atoms with Crippen LogP contribution in [0.4, 0.5) is 41.6 Å². The summed E-state index contributed by atoms with van der Waals surface area (Å²) in [4.78, 5) is 20.2. The van der Waals surface area contributed by atoms with E-state index in [9.17, 15) is 18.0 Å². The second kappa shape index (κ2) is 9.47. The van der Waals surface area contributed by atoms with E-state index in [0.29, 0.717) is 17.1 Å². The van der Waals surface area contributed by atoms with Crippen molar-refractivity contribution < 1.29 is 18.0 Å². The van der Waals surface area contributed by atoms with Crippen molar-refractivity contribution in [1.82, 2.24) is 4.98 Å². The number of benzene rings is 3. The fraction of sp³-hybridized carbons (Fsp3) is 0.231. The molecule has 0 saturated heterocycles. The summed E-state index contributed by atoms with van der Waals surface area (Å²) >= 11 is 1.43. The van der Waals surface area contributed by atoms with Gasteiger partial charge in [0.2, 0.25) is 0 Å². The lowest BCUT2D eigenvalue weighted by Crippen LogP contribution is -2.59. The van der Waals surface area contributed by atoms with E-state index in [1.165, 1.54) is 29.5 Å². The molecule has 0 spiro atoms. The molecule has 192 valence electrons. The van der Waals surface area contributed by atoms with E-state index in [1.807, 2.05) is 32.0 Å². The first-order valence-electron chi connectivity index (χ1n) is 11.8. The normalized spacial score (nSPS) is 16.6. The molecule has 2 heterocycles.